The highest BCUT2D eigenvalue weighted by Gasteiger charge is 2.22. The Balaban J connectivity index is 1.47. The van der Waals surface area contributed by atoms with E-state index in [0.29, 0.717) is 25.2 Å². The summed E-state index contributed by atoms with van der Waals surface area (Å²) in [4.78, 5) is 27.9. The number of benzene rings is 1. The molecular formula is C18H26N4O3. The normalized spacial score (nSPS) is 24.2. The van der Waals surface area contributed by atoms with E-state index in [9.17, 15) is 9.59 Å². The van der Waals surface area contributed by atoms with Gasteiger partial charge in [-0.3, -0.25) is 14.6 Å². The first kappa shape index (κ1) is 17.7. The number of anilines is 1. The van der Waals surface area contributed by atoms with E-state index in [2.05, 4.69) is 29.4 Å². The second-order valence-electron chi connectivity index (χ2n) is 6.70. The van der Waals surface area contributed by atoms with Crippen molar-refractivity contribution in [1.82, 2.24) is 15.5 Å². The minimum absolute atomic E-state index is 0.0909. The van der Waals surface area contributed by atoms with Crippen molar-refractivity contribution >= 4 is 17.6 Å². The molecule has 0 bridgehead atoms. The summed E-state index contributed by atoms with van der Waals surface area (Å²) >= 11 is 0. The SMILES string of the molecule is C[C@@H]1CN(CCNC(=O)c2ccc(N3CCNC3=O)cc2)C[C@@H](C)O1. The number of ether oxygens (including phenoxy) is 1. The van der Waals surface area contributed by atoms with Crippen molar-refractivity contribution < 1.29 is 14.3 Å². The molecule has 0 spiro atoms. The van der Waals surface area contributed by atoms with Crippen LogP contribution in [0.15, 0.2) is 24.3 Å². The van der Waals surface area contributed by atoms with Crippen molar-refractivity contribution in [3.63, 3.8) is 0 Å². The van der Waals surface area contributed by atoms with Crippen LogP contribution in [0.5, 0.6) is 0 Å². The number of morpholine rings is 1. The van der Waals surface area contributed by atoms with E-state index in [1.807, 2.05) is 12.1 Å². The van der Waals surface area contributed by atoms with Gasteiger partial charge in [-0.2, -0.15) is 0 Å². The smallest absolute Gasteiger partial charge is 0.321 e. The van der Waals surface area contributed by atoms with Crippen LogP contribution in [0.2, 0.25) is 0 Å². The van der Waals surface area contributed by atoms with Crippen LogP contribution < -0.4 is 15.5 Å². The molecule has 136 valence electrons. The van der Waals surface area contributed by atoms with Gasteiger partial charge in [0.2, 0.25) is 0 Å². The lowest BCUT2D eigenvalue weighted by atomic mass is 10.2. The predicted molar refractivity (Wildman–Crippen MR) is 96.0 cm³/mol. The molecule has 25 heavy (non-hydrogen) atoms. The molecule has 1 aromatic rings. The Morgan fingerprint density at radius 1 is 1.24 bits per heavy atom. The summed E-state index contributed by atoms with van der Waals surface area (Å²) in [5, 5.41) is 5.72. The lowest BCUT2D eigenvalue weighted by Gasteiger charge is -2.35. The number of carbonyl (C=O) groups is 2. The van der Waals surface area contributed by atoms with Gasteiger partial charge in [0.1, 0.15) is 0 Å². The number of urea groups is 1. The van der Waals surface area contributed by atoms with Crippen LogP contribution in [0.25, 0.3) is 0 Å². The van der Waals surface area contributed by atoms with Gasteiger partial charge in [-0.25, -0.2) is 4.79 Å². The minimum atomic E-state index is -0.0915. The molecule has 2 atom stereocenters. The van der Waals surface area contributed by atoms with Crippen molar-refractivity contribution in [3.05, 3.63) is 29.8 Å². The molecule has 0 aromatic heterocycles. The molecule has 0 aliphatic carbocycles. The molecule has 0 saturated carbocycles. The number of rotatable bonds is 5. The molecule has 2 heterocycles. The minimum Gasteiger partial charge on any atom is -0.373 e. The summed E-state index contributed by atoms with van der Waals surface area (Å²) in [6.45, 7) is 8.66. The Bertz CT molecular complexity index is 609. The van der Waals surface area contributed by atoms with E-state index in [0.717, 1.165) is 25.3 Å². The summed E-state index contributed by atoms with van der Waals surface area (Å²) < 4.78 is 5.71. The summed E-state index contributed by atoms with van der Waals surface area (Å²) in [7, 11) is 0. The fraction of sp³-hybridized carbons (Fsp3) is 0.556. The van der Waals surface area contributed by atoms with Crippen LogP contribution in [-0.2, 0) is 4.74 Å². The quantitative estimate of drug-likeness (QED) is 0.836. The Morgan fingerprint density at radius 3 is 2.52 bits per heavy atom. The molecule has 2 aliphatic heterocycles. The maximum Gasteiger partial charge on any atom is 0.321 e. The predicted octanol–water partition coefficient (Wildman–Crippen LogP) is 1.06. The molecule has 2 N–H and O–H groups in total. The van der Waals surface area contributed by atoms with Gasteiger partial charge in [-0.15, -0.1) is 0 Å². The summed E-state index contributed by atoms with van der Waals surface area (Å²) in [5.41, 5.74) is 1.41. The van der Waals surface area contributed by atoms with Gasteiger partial charge >= 0.3 is 6.03 Å². The van der Waals surface area contributed by atoms with Gasteiger partial charge in [-0.1, -0.05) is 0 Å². The number of amides is 3. The third-order valence-electron chi connectivity index (χ3n) is 4.51. The Labute approximate surface area is 148 Å². The van der Waals surface area contributed by atoms with Crippen LogP contribution in [0.4, 0.5) is 10.5 Å². The largest absolute Gasteiger partial charge is 0.373 e. The van der Waals surface area contributed by atoms with E-state index in [-0.39, 0.29) is 24.1 Å². The number of nitrogens with zero attached hydrogens (tertiary/aromatic N) is 2. The lowest BCUT2D eigenvalue weighted by molar-refractivity contribution is -0.0672. The zero-order valence-corrected chi connectivity index (χ0v) is 14.8. The van der Waals surface area contributed by atoms with Crippen LogP contribution in [-0.4, -0.2) is 68.3 Å². The molecule has 7 nitrogen and oxygen atoms in total. The standard InChI is InChI=1S/C18H26N4O3/c1-13-11-21(12-14(2)25-13)9-7-19-17(23)15-3-5-16(6-4-15)22-10-8-20-18(22)24/h3-6,13-14H,7-12H2,1-2H3,(H,19,23)(H,20,24)/t13-,14-/m1/s1. The summed E-state index contributed by atoms with van der Waals surface area (Å²) in [6, 6.07) is 7.05. The van der Waals surface area contributed by atoms with Crippen LogP contribution >= 0.6 is 0 Å². The molecule has 3 amide bonds. The van der Waals surface area contributed by atoms with E-state index < -0.39 is 0 Å². The fourth-order valence-electron chi connectivity index (χ4n) is 3.41. The highest BCUT2D eigenvalue weighted by Crippen LogP contribution is 2.17. The Morgan fingerprint density at radius 2 is 1.92 bits per heavy atom. The van der Waals surface area contributed by atoms with Crippen LogP contribution in [0, 0.1) is 0 Å². The van der Waals surface area contributed by atoms with Crippen LogP contribution in [0.1, 0.15) is 24.2 Å². The Hall–Kier alpha value is -2.12. The first-order chi connectivity index (χ1) is 12.0. The lowest BCUT2D eigenvalue weighted by Crippen LogP contribution is -2.47. The zero-order valence-electron chi connectivity index (χ0n) is 14.8. The number of carbonyl (C=O) groups excluding carboxylic acids is 2. The van der Waals surface area contributed by atoms with Gasteiger partial charge in [0, 0.05) is 50.5 Å². The number of hydrogen-bond donors (Lipinski definition) is 2. The molecule has 2 saturated heterocycles. The maximum absolute atomic E-state index is 12.3. The molecule has 2 fully saturated rings. The molecule has 1 aromatic carbocycles. The van der Waals surface area contributed by atoms with Gasteiger partial charge < -0.3 is 15.4 Å². The average molecular weight is 346 g/mol. The Kier molecular flexibility index (Phi) is 5.55. The van der Waals surface area contributed by atoms with E-state index in [1.165, 1.54) is 0 Å². The first-order valence-corrected chi connectivity index (χ1v) is 8.84. The van der Waals surface area contributed by atoms with Crippen molar-refractivity contribution in [2.75, 3.05) is 44.2 Å². The zero-order chi connectivity index (χ0) is 17.8. The van der Waals surface area contributed by atoms with Gasteiger partial charge in [0.25, 0.3) is 5.91 Å². The monoisotopic (exact) mass is 346 g/mol. The van der Waals surface area contributed by atoms with Crippen molar-refractivity contribution in [2.24, 2.45) is 0 Å². The van der Waals surface area contributed by atoms with Crippen molar-refractivity contribution in [2.45, 2.75) is 26.1 Å². The third kappa shape index (κ3) is 4.49. The van der Waals surface area contributed by atoms with E-state index in [4.69, 9.17) is 4.74 Å². The van der Waals surface area contributed by atoms with Gasteiger partial charge in [-0.05, 0) is 38.1 Å². The molecule has 3 rings (SSSR count). The maximum atomic E-state index is 12.3. The highest BCUT2D eigenvalue weighted by molar-refractivity contribution is 5.96. The number of hydrogen-bond acceptors (Lipinski definition) is 4. The average Bonchev–Trinajstić information content (AvgIpc) is 3.00. The van der Waals surface area contributed by atoms with E-state index >= 15 is 0 Å². The van der Waals surface area contributed by atoms with Crippen molar-refractivity contribution in [1.29, 1.82) is 0 Å². The molecule has 0 radical (unpaired) electrons. The fourth-order valence-corrected chi connectivity index (χ4v) is 3.41. The van der Waals surface area contributed by atoms with E-state index in [1.54, 1.807) is 17.0 Å². The second kappa shape index (κ2) is 7.84. The topological polar surface area (TPSA) is 73.9 Å². The second-order valence-corrected chi connectivity index (χ2v) is 6.70. The highest BCUT2D eigenvalue weighted by atomic mass is 16.5. The molecule has 0 unspecified atom stereocenters. The summed E-state index contributed by atoms with van der Waals surface area (Å²) in [5.74, 6) is -0.0909. The number of nitrogens with one attached hydrogen (secondary N) is 2. The first-order valence-electron chi connectivity index (χ1n) is 8.84. The van der Waals surface area contributed by atoms with Crippen LogP contribution in [0.3, 0.4) is 0 Å². The van der Waals surface area contributed by atoms with Crippen molar-refractivity contribution in [3.8, 4) is 0 Å². The molecule has 7 heteroatoms. The van der Waals surface area contributed by atoms with Gasteiger partial charge in [0.05, 0.1) is 12.2 Å². The molecule has 2 aliphatic rings. The molecular weight excluding hydrogens is 320 g/mol. The van der Waals surface area contributed by atoms with Gasteiger partial charge in [0.15, 0.2) is 0 Å². The summed E-state index contributed by atoms with van der Waals surface area (Å²) in [6.07, 6.45) is 0.463. The third-order valence-corrected chi connectivity index (χ3v) is 4.51.